The number of para-hydroxylation sites is 1. The summed E-state index contributed by atoms with van der Waals surface area (Å²) in [5, 5.41) is 2.67. The van der Waals surface area contributed by atoms with Gasteiger partial charge in [0.05, 0.1) is 11.6 Å². The third-order valence-corrected chi connectivity index (χ3v) is 4.27. The molecule has 0 spiro atoms. The lowest BCUT2D eigenvalue weighted by atomic mass is 10.0. The van der Waals surface area contributed by atoms with Crippen LogP contribution in [-0.2, 0) is 22.2 Å². The second-order valence-corrected chi connectivity index (χ2v) is 6.95. The number of nitrogens with zero attached hydrogens (tertiary/aromatic N) is 1. The zero-order valence-electron chi connectivity index (χ0n) is 16.4. The first-order valence-electron chi connectivity index (χ1n) is 9.14. The average molecular weight is 408 g/mol. The summed E-state index contributed by atoms with van der Waals surface area (Å²) in [6.07, 6.45) is -2.82. The molecule has 156 valence electrons. The van der Waals surface area contributed by atoms with Crippen LogP contribution in [0.15, 0.2) is 42.6 Å². The zero-order valence-corrected chi connectivity index (χ0v) is 16.4. The summed E-state index contributed by atoms with van der Waals surface area (Å²) < 4.78 is 44.0. The first kappa shape index (κ1) is 22.4. The number of pyridine rings is 1. The molecule has 5 nitrogen and oxygen atoms in total. The maximum absolute atomic E-state index is 13.0. The molecule has 1 aromatic heterocycles. The van der Waals surface area contributed by atoms with Gasteiger partial charge in [-0.25, -0.2) is 0 Å². The molecule has 29 heavy (non-hydrogen) atoms. The molecule has 8 heteroatoms. The van der Waals surface area contributed by atoms with Crippen molar-refractivity contribution in [3.63, 3.8) is 0 Å². The largest absolute Gasteiger partial charge is 0.483 e. The van der Waals surface area contributed by atoms with E-state index in [1.54, 1.807) is 25.3 Å². The summed E-state index contributed by atoms with van der Waals surface area (Å²) in [6, 6.07) is 7.72. The van der Waals surface area contributed by atoms with Crippen molar-refractivity contribution in [1.29, 1.82) is 0 Å². The predicted molar refractivity (Wildman–Crippen MR) is 101 cm³/mol. The van der Waals surface area contributed by atoms with E-state index in [-0.39, 0.29) is 18.1 Å². The fraction of sp³-hybridized carbons (Fsp3) is 0.381. The van der Waals surface area contributed by atoms with Gasteiger partial charge in [-0.1, -0.05) is 26.0 Å². The van der Waals surface area contributed by atoms with E-state index in [4.69, 9.17) is 4.74 Å². The summed E-state index contributed by atoms with van der Waals surface area (Å²) in [5.74, 6) is -1.01. The van der Waals surface area contributed by atoms with Gasteiger partial charge in [0, 0.05) is 24.2 Å². The molecule has 2 rings (SSSR count). The van der Waals surface area contributed by atoms with Gasteiger partial charge in [0.25, 0.3) is 5.91 Å². The lowest BCUT2D eigenvalue weighted by Gasteiger charge is -2.17. The third kappa shape index (κ3) is 6.58. The highest BCUT2D eigenvalue weighted by atomic mass is 19.4. The summed E-state index contributed by atoms with van der Waals surface area (Å²) in [7, 11) is 0. The highest BCUT2D eigenvalue weighted by Gasteiger charge is 2.34. The van der Waals surface area contributed by atoms with Crippen LogP contribution in [0.4, 0.5) is 13.2 Å². The van der Waals surface area contributed by atoms with Crippen LogP contribution in [-0.4, -0.2) is 23.3 Å². The molecule has 0 saturated carbocycles. The molecule has 1 heterocycles. The van der Waals surface area contributed by atoms with Gasteiger partial charge in [-0.3, -0.25) is 14.6 Å². The fourth-order valence-electron chi connectivity index (χ4n) is 2.58. The molecule has 1 amide bonds. The molecule has 1 unspecified atom stereocenters. The molecule has 0 saturated heterocycles. The second-order valence-electron chi connectivity index (χ2n) is 6.95. The van der Waals surface area contributed by atoms with Gasteiger partial charge in [-0.05, 0) is 36.8 Å². The number of hydrogen-bond acceptors (Lipinski definition) is 4. The Morgan fingerprint density at radius 3 is 2.48 bits per heavy atom. The van der Waals surface area contributed by atoms with E-state index in [2.05, 4.69) is 10.3 Å². The lowest BCUT2D eigenvalue weighted by molar-refractivity contribution is -0.139. The number of benzene rings is 1. The van der Waals surface area contributed by atoms with E-state index in [0.29, 0.717) is 5.69 Å². The highest BCUT2D eigenvalue weighted by molar-refractivity contribution is 5.82. The predicted octanol–water partition coefficient (Wildman–Crippen LogP) is 4.12. The molecule has 0 radical (unpaired) electrons. The Balaban J connectivity index is 1.97. The van der Waals surface area contributed by atoms with E-state index in [0.717, 1.165) is 11.6 Å². The number of ether oxygens (including phenoxy) is 1. The Morgan fingerprint density at radius 1 is 1.14 bits per heavy atom. The van der Waals surface area contributed by atoms with Crippen LogP contribution in [0, 0.1) is 5.92 Å². The Morgan fingerprint density at radius 2 is 1.83 bits per heavy atom. The monoisotopic (exact) mass is 408 g/mol. The van der Waals surface area contributed by atoms with Crippen LogP contribution in [0.1, 0.15) is 43.6 Å². The topological polar surface area (TPSA) is 68.3 Å². The van der Waals surface area contributed by atoms with Gasteiger partial charge in [0.15, 0.2) is 6.61 Å². The lowest BCUT2D eigenvalue weighted by Crippen LogP contribution is -2.31. The normalized spacial score (nSPS) is 12.5. The van der Waals surface area contributed by atoms with Gasteiger partial charge >= 0.3 is 6.18 Å². The van der Waals surface area contributed by atoms with Crippen molar-refractivity contribution >= 4 is 11.7 Å². The number of ketones is 1. The van der Waals surface area contributed by atoms with Crippen LogP contribution < -0.4 is 10.1 Å². The summed E-state index contributed by atoms with van der Waals surface area (Å²) in [6.45, 7) is 4.80. The van der Waals surface area contributed by atoms with Crippen LogP contribution in [0.25, 0.3) is 0 Å². The Labute approximate surface area is 167 Å². The molecular formula is C21H23F3N2O3. The molecule has 1 N–H and O–H groups in total. The summed E-state index contributed by atoms with van der Waals surface area (Å²) >= 11 is 0. The Kier molecular flexibility index (Phi) is 7.36. The number of halogens is 3. The number of carbonyl (C=O) groups excluding carboxylic acids is 2. The summed E-state index contributed by atoms with van der Waals surface area (Å²) in [5.41, 5.74) is 0.391. The van der Waals surface area contributed by atoms with Crippen LogP contribution >= 0.6 is 0 Å². The van der Waals surface area contributed by atoms with Gasteiger partial charge in [-0.15, -0.1) is 0 Å². The van der Waals surface area contributed by atoms with Crippen LogP contribution in [0.5, 0.6) is 5.75 Å². The summed E-state index contributed by atoms with van der Waals surface area (Å²) in [4.78, 5) is 28.2. The number of carbonyl (C=O) groups is 2. The SMILES string of the molecule is CC(C)C(=O)Cc1cc(C(C)NC(=O)COc2ccccc2C(F)(F)F)ccn1. The van der Waals surface area contributed by atoms with Crippen molar-refractivity contribution in [1.82, 2.24) is 10.3 Å². The maximum atomic E-state index is 13.0. The molecule has 0 aliphatic heterocycles. The number of alkyl halides is 3. The molecule has 2 aromatic rings. The molecule has 1 atom stereocenters. The molecule has 0 fully saturated rings. The van der Waals surface area contributed by atoms with E-state index in [1.165, 1.54) is 18.2 Å². The highest BCUT2D eigenvalue weighted by Crippen LogP contribution is 2.35. The molecule has 0 aliphatic carbocycles. The molecule has 1 aromatic carbocycles. The van der Waals surface area contributed by atoms with E-state index in [1.807, 2.05) is 13.8 Å². The van der Waals surface area contributed by atoms with Crippen molar-refractivity contribution in [2.45, 2.75) is 39.4 Å². The first-order valence-corrected chi connectivity index (χ1v) is 9.14. The second kappa shape index (κ2) is 9.54. The van der Waals surface area contributed by atoms with Crippen LogP contribution in [0.3, 0.4) is 0 Å². The number of hydrogen-bond donors (Lipinski definition) is 1. The average Bonchev–Trinajstić information content (AvgIpc) is 2.66. The van der Waals surface area contributed by atoms with E-state index >= 15 is 0 Å². The number of rotatable bonds is 8. The minimum atomic E-state index is -4.57. The number of nitrogens with one attached hydrogen (secondary N) is 1. The zero-order chi connectivity index (χ0) is 21.6. The van der Waals surface area contributed by atoms with Crippen molar-refractivity contribution in [2.24, 2.45) is 5.92 Å². The van der Waals surface area contributed by atoms with E-state index < -0.39 is 36.0 Å². The minimum absolute atomic E-state index is 0.0584. The van der Waals surface area contributed by atoms with Gasteiger partial charge in [0.1, 0.15) is 11.5 Å². The van der Waals surface area contributed by atoms with Crippen molar-refractivity contribution in [3.8, 4) is 5.75 Å². The van der Waals surface area contributed by atoms with Gasteiger partial charge in [0.2, 0.25) is 0 Å². The van der Waals surface area contributed by atoms with Crippen LogP contribution in [0.2, 0.25) is 0 Å². The maximum Gasteiger partial charge on any atom is 0.419 e. The number of amides is 1. The fourth-order valence-corrected chi connectivity index (χ4v) is 2.58. The third-order valence-electron chi connectivity index (χ3n) is 4.27. The molecule has 0 aliphatic rings. The van der Waals surface area contributed by atoms with Gasteiger partial charge in [-0.2, -0.15) is 13.2 Å². The van der Waals surface area contributed by atoms with Crippen molar-refractivity contribution in [3.05, 3.63) is 59.4 Å². The minimum Gasteiger partial charge on any atom is -0.483 e. The Bertz CT molecular complexity index is 866. The first-order chi connectivity index (χ1) is 13.6. The van der Waals surface area contributed by atoms with Crippen molar-refractivity contribution < 1.29 is 27.5 Å². The Hall–Kier alpha value is -2.90. The smallest absolute Gasteiger partial charge is 0.419 e. The van der Waals surface area contributed by atoms with E-state index in [9.17, 15) is 22.8 Å². The quantitative estimate of drug-likeness (QED) is 0.713. The number of Topliss-reactive ketones (excluding diaryl/α,β-unsaturated/α-hetero) is 1. The number of aromatic nitrogens is 1. The molecule has 0 bridgehead atoms. The van der Waals surface area contributed by atoms with Crippen molar-refractivity contribution in [2.75, 3.05) is 6.61 Å². The molecular weight excluding hydrogens is 385 g/mol. The standard InChI is InChI=1S/C21H23F3N2O3/c1-13(2)18(27)11-16-10-15(8-9-25-16)14(3)26-20(28)12-29-19-7-5-4-6-17(19)21(22,23)24/h4-10,13-14H,11-12H2,1-3H3,(H,26,28). The van der Waals surface area contributed by atoms with Gasteiger partial charge < -0.3 is 10.1 Å².